The molecule has 0 fully saturated rings. The van der Waals surface area contributed by atoms with Crippen LogP contribution >= 0.6 is 0 Å². The second-order valence-electron chi connectivity index (χ2n) is 8.23. The number of carbonyl (C=O) groups excluding carboxylic acids is 1. The molecule has 5 nitrogen and oxygen atoms in total. The van der Waals surface area contributed by atoms with Gasteiger partial charge >= 0.3 is 0 Å². The lowest BCUT2D eigenvalue weighted by atomic mass is 9.87. The van der Waals surface area contributed by atoms with Gasteiger partial charge in [-0.05, 0) is 41.3 Å². The van der Waals surface area contributed by atoms with Gasteiger partial charge in [-0.25, -0.2) is 0 Å². The van der Waals surface area contributed by atoms with Gasteiger partial charge in [0, 0.05) is 11.1 Å². The highest BCUT2D eigenvalue weighted by Crippen LogP contribution is 2.24. The van der Waals surface area contributed by atoms with Gasteiger partial charge in [-0.3, -0.25) is 9.59 Å². The highest BCUT2D eigenvalue weighted by Gasteiger charge is 2.18. The first-order chi connectivity index (χ1) is 14.3. The molecule has 0 saturated carbocycles. The van der Waals surface area contributed by atoms with Crippen LogP contribution in [-0.4, -0.2) is 15.7 Å². The van der Waals surface area contributed by atoms with E-state index in [9.17, 15) is 9.59 Å². The largest absolute Gasteiger partial charge is 0.321 e. The predicted molar refractivity (Wildman–Crippen MR) is 120 cm³/mol. The van der Waals surface area contributed by atoms with Crippen molar-refractivity contribution in [3.8, 4) is 5.69 Å². The Bertz CT molecular complexity index is 1270. The van der Waals surface area contributed by atoms with Crippen LogP contribution in [0.4, 0.5) is 5.69 Å². The molecule has 0 aliphatic rings. The van der Waals surface area contributed by atoms with Crippen LogP contribution in [0.5, 0.6) is 0 Å². The molecular weight excluding hydrogens is 374 g/mol. The van der Waals surface area contributed by atoms with E-state index >= 15 is 0 Å². The Hall–Kier alpha value is -3.73. The third kappa shape index (κ3) is 3.74. The van der Waals surface area contributed by atoms with Crippen LogP contribution in [0.15, 0.2) is 83.7 Å². The molecule has 3 aromatic carbocycles. The van der Waals surface area contributed by atoms with Crippen LogP contribution in [0, 0.1) is 0 Å². The zero-order valence-electron chi connectivity index (χ0n) is 17.2. The lowest BCUT2D eigenvalue weighted by Crippen LogP contribution is -2.26. The molecule has 0 bridgehead atoms. The summed E-state index contributed by atoms with van der Waals surface area (Å²) in [5.41, 5.74) is 2.44. The molecule has 1 heterocycles. The first-order valence-corrected chi connectivity index (χ1v) is 9.84. The first-order valence-electron chi connectivity index (χ1n) is 9.84. The number of aromatic nitrogens is 2. The quantitative estimate of drug-likeness (QED) is 0.533. The van der Waals surface area contributed by atoms with Gasteiger partial charge in [-0.1, -0.05) is 69.3 Å². The summed E-state index contributed by atoms with van der Waals surface area (Å²) in [5, 5.41) is 8.30. The van der Waals surface area contributed by atoms with E-state index in [1.807, 2.05) is 42.5 Å². The molecule has 5 heteroatoms. The Morgan fingerprint density at radius 1 is 0.833 bits per heavy atom. The Labute approximate surface area is 175 Å². The summed E-state index contributed by atoms with van der Waals surface area (Å²) in [6.07, 6.45) is 0. The fourth-order valence-corrected chi connectivity index (χ4v) is 3.35. The fourth-order valence-electron chi connectivity index (χ4n) is 3.35. The summed E-state index contributed by atoms with van der Waals surface area (Å²) in [6, 6.07) is 23.9. The Balaban J connectivity index is 1.77. The van der Waals surface area contributed by atoms with Crippen molar-refractivity contribution in [2.45, 2.75) is 26.2 Å². The standard InChI is InChI=1S/C25H23N3O2/c1-25(2,3)17-13-15-18(16-14-17)26-23(29)22-20-11-7-8-12-21(20)24(30)28(27-22)19-9-5-4-6-10-19/h4-16H,1-3H3,(H,26,29). The molecule has 4 aromatic rings. The maximum atomic E-state index is 13.1. The van der Waals surface area contributed by atoms with Crippen LogP contribution in [0.25, 0.3) is 16.5 Å². The molecule has 4 rings (SSSR count). The van der Waals surface area contributed by atoms with Gasteiger partial charge < -0.3 is 5.32 Å². The number of amides is 1. The minimum Gasteiger partial charge on any atom is -0.321 e. The van der Waals surface area contributed by atoms with E-state index in [1.54, 1.807) is 36.4 Å². The average Bonchev–Trinajstić information content (AvgIpc) is 2.74. The van der Waals surface area contributed by atoms with E-state index in [0.29, 0.717) is 22.1 Å². The molecule has 0 spiro atoms. The Kier molecular flexibility index (Phi) is 4.96. The molecule has 0 atom stereocenters. The summed E-state index contributed by atoms with van der Waals surface area (Å²) in [4.78, 5) is 26.1. The van der Waals surface area contributed by atoms with Gasteiger partial charge in [0.2, 0.25) is 0 Å². The molecule has 0 radical (unpaired) electrons. The molecule has 150 valence electrons. The van der Waals surface area contributed by atoms with Gasteiger partial charge in [-0.2, -0.15) is 9.78 Å². The summed E-state index contributed by atoms with van der Waals surface area (Å²) in [5.74, 6) is -0.362. The second-order valence-corrected chi connectivity index (χ2v) is 8.23. The minimum atomic E-state index is -0.362. The number of carbonyl (C=O) groups is 1. The third-order valence-electron chi connectivity index (χ3n) is 5.03. The van der Waals surface area contributed by atoms with Crippen LogP contribution in [0.2, 0.25) is 0 Å². The molecule has 1 N–H and O–H groups in total. The number of nitrogens with zero attached hydrogens (tertiary/aromatic N) is 2. The SMILES string of the molecule is CC(C)(C)c1ccc(NC(=O)c2nn(-c3ccccc3)c(=O)c3ccccc23)cc1. The van der Waals surface area contributed by atoms with Gasteiger partial charge in [0.05, 0.1) is 11.1 Å². The third-order valence-corrected chi connectivity index (χ3v) is 5.03. The monoisotopic (exact) mass is 397 g/mol. The predicted octanol–water partition coefficient (Wildman–Crippen LogP) is 4.94. The zero-order chi connectivity index (χ0) is 21.3. The molecule has 0 aliphatic heterocycles. The van der Waals surface area contributed by atoms with Crippen LogP contribution in [0.1, 0.15) is 36.8 Å². The lowest BCUT2D eigenvalue weighted by molar-refractivity contribution is 0.102. The van der Waals surface area contributed by atoms with Crippen molar-refractivity contribution in [3.05, 3.63) is 100 Å². The topological polar surface area (TPSA) is 64.0 Å². The van der Waals surface area contributed by atoms with Gasteiger partial charge in [0.25, 0.3) is 11.5 Å². The number of nitrogens with one attached hydrogen (secondary N) is 1. The smallest absolute Gasteiger partial charge is 0.279 e. The molecule has 0 unspecified atom stereocenters. The Morgan fingerprint density at radius 2 is 1.43 bits per heavy atom. The molecule has 1 aromatic heterocycles. The summed E-state index contributed by atoms with van der Waals surface area (Å²) in [7, 11) is 0. The van der Waals surface area contributed by atoms with E-state index in [-0.39, 0.29) is 22.6 Å². The normalized spacial score (nSPS) is 11.4. The minimum absolute atomic E-state index is 0.0332. The maximum Gasteiger partial charge on any atom is 0.279 e. The summed E-state index contributed by atoms with van der Waals surface area (Å²) >= 11 is 0. The lowest BCUT2D eigenvalue weighted by Gasteiger charge is -2.19. The number of hydrogen-bond donors (Lipinski definition) is 1. The molecule has 0 saturated heterocycles. The van der Waals surface area contributed by atoms with Crippen LogP contribution in [0.3, 0.4) is 0 Å². The highest BCUT2D eigenvalue weighted by molar-refractivity contribution is 6.11. The van der Waals surface area contributed by atoms with Gasteiger partial charge in [0.15, 0.2) is 5.69 Å². The number of hydrogen-bond acceptors (Lipinski definition) is 3. The van der Waals surface area contributed by atoms with E-state index in [2.05, 4.69) is 31.2 Å². The van der Waals surface area contributed by atoms with E-state index in [4.69, 9.17) is 0 Å². The first kappa shape index (κ1) is 19.6. The van der Waals surface area contributed by atoms with E-state index < -0.39 is 0 Å². The summed E-state index contributed by atoms with van der Waals surface area (Å²) < 4.78 is 1.28. The molecule has 1 amide bonds. The van der Waals surface area contributed by atoms with Crippen molar-refractivity contribution in [2.75, 3.05) is 5.32 Å². The number of rotatable bonds is 3. The number of para-hydroxylation sites is 1. The van der Waals surface area contributed by atoms with Crippen molar-refractivity contribution < 1.29 is 4.79 Å². The zero-order valence-corrected chi connectivity index (χ0v) is 17.2. The molecular formula is C25H23N3O2. The van der Waals surface area contributed by atoms with E-state index in [1.165, 1.54) is 10.2 Å². The molecule has 30 heavy (non-hydrogen) atoms. The number of benzene rings is 3. The summed E-state index contributed by atoms with van der Waals surface area (Å²) in [6.45, 7) is 6.43. The second kappa shape index (κ2) is 7.59. The van der Waals surface area contributed by atoms with Gasteiger partial charge in [0.1, 0.15) is 0 Å². The van der Waals surface area contributed by atoms with Crippen LogP contribution < -0.4 is 10.9 Å². The van der Waals surface area contributed by atoms with Crippen LogP contribution in [-0.2, 0) is 5.41 Å². The molecule has 0 aliphatic carbocycles. The van der Waals surface area contributed by atoms with Crippen molar-refractivity contribution in [1.29, 1.82) is 0 Å². The van der Waals surface area contributed by atoms with Crippen molar-refractivity contribution >= 4 is 22.4 Å². The Morgan fingerprint density at radius 3 is 2.07 bits per heavy atom. The average molecular weight is 397 g/mol. The highest BCUT2D eigenvalue weighted by atomic mass is 16.2. The number of anilines is 1. The van der Waals surface area contributed by atoms with Crippen molar-refractivity contribution in [3.63, 3.8) is 0 Å². The fraction of sp³-hybridized carbons (Fsp3) is 0.160. The van der Waals surface area contributed by atoms with Crippen molar-refractivity contribution in [1.82, 2.24) is 9.78 Å². The number of fused-ring (bicyclic) bond motifs is 1. The maximum absolute atomic E-state index is 13.1. The van der Waals surface area contributed by atoms with Gasteiger partial charge in [-0.15, -0.1) is 0 Å². The van der Waals surface area contributed by atoms with E-state index in [0.717, 1.165) is 0 Å². The van der Waals surface area contributed by atoms with Crippen molar-refractivity contribution in [2.24, 2.45) is 0 Å².